The van der Waals surface area contributed by atoms with Gasteiger partial charge in [-0.2, -0.15) is 0 Å². The highest BCUT2D eigenvalue weighted by atomic mass is 79.9. The molecule has 4 heteroatoms. The van der Waals surface area contributed by atoms with Crippen LogP contribution in [0.1, 0.15) is 6.92 Å². The Bertz CT molecular complexity index is 426. The summed E-state index contributed by atoms with van der Waals surface area (Å²) in [5.74, 6) is 0.875. The van der Waals surface area contributed by atoms with Gasteiger partial charge in [-0.3, -0.25) is 0 Å². The Hall–Kier alpha value is -0.610. The van der Waals surface area contributed by atoms with Crippen LogP contribution in [0.25, 0.3) is 10.2 Å². The first-order chi connectivity index (χ1) is 6.31. The molecule has 2 rings (SSSR count). The summed E-state index contributed by atoms with van der Waals surface area (Å²) in [5.41, 5.74) is 3.81. The standard InChI is InChI=1S/C9H7BrNOS/c1-2-12-6-3-7(10)9-8(4-6)13-5-11-9/h3-4H,2H2,1H3. The topological polar surface area (TPSA) is 22.1 Å². The smallest absolute Gasteiger partial charge is 0.153 e. The van der Waals surface area contributed by atoms with Crippen LogP contribution in [0.5, 0.6) is 5.75 Å². The first-order valence-corrected chi connectivity index (χ1v) is 5.51. The second kappa shape index (κ2) is 3.64. The van der Waals surface area contributed by atoms with E-state index in [2.05, 4.69) is 26.4 Å². The van der Waals surface area contributed by atoms with Crippen molar-refractivity contribution in [3.63, 3.8) is 0 Å². The van der Waals surface area contributed by atoms with Gasteiger partial charge in [0.25, 0.3) is 0 Å². The average Bonchev–Trinajstić information content (AvgIpc) is 2.53. The molecule has 67 valence electrons. The zero-order valence-electron chi connectivity index (χ0n) is 7.00. The van der Waals surface area contributed by atoms with Crippen molar-refractivity contribution in [3.05, 3.63) is 22.1 Å². The van der Waals surface area contributed by atoms with Crippen LogP contribution in [0, 0.1) is 5.51 Å². The molecular formula is C9H7BrNOS. The third-order valence-corrected chi connectivity index (χ3v) is 2.94. The second-order valence-electron chi connectivity index (χ2n) is 2.49. The van der Waals surface area contributed by atoms with Crippen molar-refractivity contribution >= 4 is 37.5 Å². The van der Waals surface area contributed by atoms with Gasteiger partial charge >= 0.3 is 0 Å². The molecule has 13 heavy (non-hydrogen) atoms. The molecule has 1 aromatic heterocycles. The van der Waals surface area contributed by atoms with Crippen LogP contribution in [0.2, 0.25) is 0 Å². The van der Waals surface area contributed by atoms with E-state index in [1.807, 2.05) is 19.1 Å². The van der Waals surface area contributed by atoms with E-state index in [1.54, 1.807) is 0 Å². The molecule has 0 saturated carbocycles. The minimum atomic E-state index is 0.681. The van der Waals surface area contributed by atoms with E-state index in [4.69, 9.17) is 4.74 Å². The number of ether oxygens (including phenoxy) is 1. The van der Waals surface area contributed by atoms with Gasteiger partial charge in [-0.15, -0.1) is 11.3 Å². The van der Waals surface area contributed by atoms with Crippen molar-refractivity contribution in [2.45, 2.75) is 6.92 Å². The molecule has 0 bridgehead atoms. The van der Waals surface area contributed by atoms with Crippen LogP contribution in [0.15, 0.2) is 16.6 Å². The molecular weight excluding hydrogens is 250 g/mol. The lowest BCUT2D eigenvalue weighted by Crippen LogP contribution is -1.90. The van der Waals surface area contributed by atoms with Crippen LogP contribution in [-0.2, 0) is 0 Å². The molecule has 2 nitrogen and oxygen atoms in total. The zero-order chi connectivity index (χ0) is 9.26. The van der Waals surface area contributed by atoms with Crippen molar-refractivity contribution in [3.8, 4) is 5.75 Å². The molecule has 0 aliphatic rings. The largest absolute Gasteiger partial charge is 0.494 e. The SMILES string of the molecule is CCOc1cc(Br)c2n[c]sc2c1. The molecule has 0 fully saturated rings. The number of benzene rings is 1. The van der Waals surface area contributed by atoms with Gasteiger partial charge in [0.05, 0.1) is 16.8 Å². The highest BCUT2D eigenvalue weighted by Crippen LogP contribution is 2.30. The molecule has 1 aromatic carbocycles. The summed E-state index contributed by atoms with van der Waals surface area (Å²) in [5, 5.41) is 0. The lowest BCUT2D eigenvalue weighted by Gasteiger charge is -2.02. The summed E-state index contributed by atoms with van der Waals surface area (Å²) >= 11 is 4.94. The van der Waals surface area contributed by atoms with Crippen LogP contribution >= 0.6 is 27.3 Å². The van der Waals surface area contributed by atoms with E-state index in [1.165, 1.54) is 11.3 Å². The summed E-state index contributed by atoms with van der Waals surface area (Å²) < 4.78 is 7.46. The lowest BCUT2D eigenvalue weighted by molar-refractivity contribution is 0.340. The van der Waals surface area contributed by atoms with Crippen LogP contribution in [0.4, 0.5) is 0 Å². The molecule has 0 aliphatic heterocycles. The Morgan fingerprint density at radius 2 is 2.46 bits per heavy atom. The fourth-order valence-corrected chi connectivity index (χ4v) is 2.43. The first-order valence-electron chi connectivity index (χ1n) is 3.90. The van der Waals surface area contributed by atoms with Crippen LogP contribution < -0.4 is 4.74 Å². The zero-order valence-corrected chi connectivity index (χ0v) is 9.41. The number of hydrogen-bond acceptors (Lipinski definition) is 3. The third kappa shape index (κ3) is 1.69. The number of fused-ring (bicyclic) bond motifs is 1. The molecule has 0 amide bonds. The fourth-order valence-electron chi connectivity index (χ4n) is 1.10. The molecule has 0 N–H and O–H groups in total. The first kappa shape index (κ1) is 8.97. The lowest BCUT2D eigenvalue weighted by atomic mass is 10.3. The Balaban J connectivity index is 2.56. The monoisotopic (exact) mass is 256 g/mol. The van der Waals surface area contributed by atoms with Crippen molar-refractivity contribution < 1.29 is 4.74 Å². The summed E-state index contributed by atoms with van der Waals surface area (Å²) in [4.78, 5) is 4.11. The quantitative estimate of drug-likeness (QED) is 0.823. The number of aromatic nitrogens is 1. The normalized spacial score (nSPS) is 10.6. The highest BCUT2D eigenvalue weighted by Gasteiger charge is 2.04. The van der Waals surface area contributed by atoms with E-state index in [-0.39, 0.29) is 0 Å². The van der Waals surface area contributed by atoms with Crippen molar-refractivity contribution in [1.29, 1.82) is 0 Å². The second-order valence-corrected chi connectivity index (χ2v) is 4.17. The van der Waals surface area contributed by atoms with Crippen molar-refractivity contribution in [2.75, 3.05) is 6.61 Å². The summed E-state index contributed by atoms with van der Waals surface area (Å²) in [6.07, 6.45) is 0. The summed E-state index contributed by atoms with van der Waals surface area (Å²) in [6.45, 7) is 2.65. The highest BCUT2D eigenvalue weighted by molar-refractivity contribution is 9.10. The van der Waals surface area contributed by atoms with Gasteiger partial charge < -0.3 is 4.74 Å². The van der Waals surface area contributed by atoms with Crippen molar-refractivity contribution in [1.82, 2.24) is 4.98 Å². The number of nitrogens with zero attached hydrogens (tertiary/aromatic N) is 1. The van der Waals surface area contributed by atoms with Crippen LogP contribution in [0.3, 0.4) is 0 Å². The van der Waals surface area contributed by atoms with Gasteiger partial charge in [0.15, 0.2) is 5.51 Å². The number of halogens is 1. The minimum absolute atomic E-state index is 0.681. The predicted molar refractivity (Wildman–Crippen MR) is 57.3 cm³/mol. The predicted octanol–water partition coefficient (Wildman–Crippen LogP) is 3.26. The molecule has 0 saturated heterocycles. The Morgan fingerprint density at radius 1 is 1.62 bits per heavy atom. The molecule has 0 unspecified atom stereocenters. The van der Waals surface area contributed by atoms with E-state index >= 15 is 0 Å². The van der Waals surface area contributed by atoms with Crippen LogP contribution in [-0.4, -0.2) is 11.6 Å². The minimum Gasteiger partial charge on any atom is -0.494 e. The van der Waals surface area contributed by atoms with Gasteiger partial charge in [-0.1, -0.05) is 0 Å². The van der Waals surface area contributed by atoms with E-state index in [0.29, 0.717) is 6.61 Å². The average molecular weight is 257 g/mol. The molecule has 1 heterocycles. The maximum atomic E-state index is 5.40. The number of rotatable bonds is 2. The number of hydrogen-bond donors (Lipinski definition) is 0. The van der Waals surface area contributed by atoms with Gasteiger partial charge in [-0.25, -0.2) is 4.98 Å². The van der Waals surface area contributed by atoms with E-state index < -0.39 is 0 Å². The fraction of sp³-hybridized carbons (Fsp3) is 0.222. The molecule has 2 aromatic rings. The maximum absolute atomic E-state index is 5.40. The Labute approximate surface area is 88.7 Å². The number of thiazole rings is 1. The van der Waals surface area contributed by atoms with E-state index in [0.717, 1.165) is 20.4 Å². The third-order valence-electron chi connectivity index (χ3n) is 1.63. The summed E-state index contributed by atoms with van der Waals surface area (Å²) in [6, 6.07) is 3.91. The summed E-state index contributed by atoms with van der Waals surface area (Å²) in [7, 11) is 0. The van der Waals surface area contributed by atoms with Gasteiger partial charge in [0.1, 0.15) is 5.75 Å². The van der Waals surface area contributed by atoms with E-state index in [9.17, 15) is 0 Å². The van der Waals surface area contributed by atoms with Gasteiger partial charge in [0, 0.05) is 4.47 Å². The molecule has 0 spiro atoms. The molecule has 0 aliphatic carbocycles. The van der Waals surface area contributed by atoms with Gasteiger partial charge in [0.2, 0.25) is 0 Å². The molecule has 0 atom stereocenters. The van der Waals surface area contributed by atoms with Gasteiger partial charge in [-0.05, 0) is 35.0 Å². The maximum Gasteiger partial charge on any atom is 0.153 e. The Morgan fingerprint density at radius 3 is 3.23 bits per heavy atom. The molecule has 1 radical (unpaired) electrons. The van der Waals surface area contributed by atoms with Crippen molar-refractivity contribution in [2.24, 2.45) is 0 Å². The Kier molecular flexibility index (Phi) is 2.51.